The van der Waals surface area contributed by atoms with Crippen LogP contribution in [0.5, 0.6) is 0 Å². The lowest BCUT2D eigenvalue weighted by atomic mass is 9.72. The molecule has 0 unspecified atom stereocenters. The van der Waals surface area contributed by atoms with Crippen molar-refractivity contribution >= 4 is 17.4 Å². The van der Waals surface area contributed by atoms with Crippen molar-refractivity contribution in [3.05, 3.63) is 96.1 Å². The first kappa shape index (κ1) is 18.9. The largest absolute Gasteiger partial charge is 0.395 e. The van der Waals surface area contributed by atoms with E-state index >= 15 is 0 Å². The van der Waals surface area contributed by atoms with Crippen LogP contribution in [0.15, 0.2) is 84.9 Å². The quantitative estimate of drug-likeness (QED) is 0.695. The SMILES string of the molecule is O=C(Nc1ccccc1)N1C[C@@H]2[C@H](c3ccccc31)[C@@H](CO)N2Cc1ccccc1. The summed E-state index contributed by atoms with van der Waals surface area (Å²) in [6.07, 6.45) is 0. The Morgan fingerprint density at radius 3 is 2.33 bits per heavy atom. The number of hydrogen-bond donors (Lipinski definition) is 2. The van der Waals surface area contributed by atoms with Crippen molar-refractivity contribution in [2.24, 2.45) is 0 Å². The van der Waals surface area contributed by atoms with Crippen LogP contribution < -0.4 is 10.2 Å². The summed E-state index contributed by atoms with van der Waals surface area (Å²) in [5, 5.41) is 13.2. The molecular formula is C25H25N3O2. The number of benzene rings is 3. The van der Waals surface area contributed by atoms with Gasteiger partial charge in [0.2, 0.25) is 0 Å². The summed E-state index contributed by atoms with van der Waals surface area (Å²) in [5.74, 6) is 0.232. The maximum absolute atomic E-state index is 13.2. The minimum Gasteiger partial charge on any atom is -0.395 e. The lowest BCUT2D eigenvalue weighted by molar-refractivity contribution is -0.0484. The Balaban J connectivity index is 1.44. The molecule has 5 rings (SSSR count). The molecule has 2 amide bonds. The number of nitrogens with one attached hydrogen (secondary N) is 1. The van der Waals surface area contributed by atoms with Gasteiger partial charge in [0.25, 0.3) is 0 Å². The topological polar surface area (TPSA) is 55.8 Å². The van der Waals surface area contributed by atoms with Gasteiger partial charge in [-0.2, -0.15) is 0 Å². The summed E-state index contributed by atoms with van der Waals surface area (Å²) in [7, 11) is 0. The molecule has 1 saturated heterocycles. The Morgan fingerprint density at radius 2 is 1.60 bits per heavy atom. The smallest absolute Gasteiger partial charge is 0.326 e. The first-order chi connectivity index (χ1) is 14.8. The van der Waals surface area contributed by atoms with Crippen LogP contribution in [0.2, 0.25) is 0 Å². The maximum atomic E-state index is 13.2. The lowest BCUT2D eigenvalue weighted by Gasteiger charge is -2.59. The van der Waals surface area contributed by atoms with Gasteiger partial charge >= 0.3 is 6.03 Å². The summed E-state index contributed by atoms with van der Waals surface area (Å²) in [6, 6.07) is 28.1. The number of fused-ring (bicyclic) bond motifs is 3. The van der Waals surface area contributed by atoms with E-state index in [0.29, 0.717) is 6.54 Å². The molecule has 0 radical (unpaired) electrons. The highest BCUT2D eigenvalue weighted by atomic mass is 16.3. The predicted octanol–water partition coefficient (Wildman–Crippen LogP) is 4.07. The highest BCUT2D eigenvalue weighted by Gasteiger charge is 2.53. The van der Waals surface area contributed by atoms with E-state index in [1.807, 2.05) is 71.6 Å². The lowest BCUT2D eigenvalue weighted by Crippen LogP contribution is -2.69. The van der Waals surface area contributed by atoms with Crippen molar-refractivity contribution in [1.29, 1.82) is 0 Å². The monoisotopic (exact) mass is 399 g/mol. The number of carbonyl (C=O) groups excluding carboxylic acids is 1. The zero-order valence-electron chi connectivity index (χ0n) is 16.7. The number of amides is 2. The standard InChI is InChI=1S/C25H25N3O2/c29-17-23-24-20-13-7-8-14-21(20)28(25(30)26-19-11-5-2-6-12-19)16-22(24)27(23)15-18-9-3-1-4-10-18/h1-14,22-24,29H,15-17H2,(H,26,30)/t22-,23-,24+/m1/s1. The van der Waals surface area contributed by atoms with Crippen LogP contribution in [-0.4, -0.2) is 41.3 Å². The molecule has 2 N–H and O–H groups in total. The van der Waals surface area contributed by atoms with Crippen molar-refractivity contribution in [3.63, 3.8) is 0 Å². The number of anilines is 2. The van der Waals surface area contributed by atoms with Crippen molar-refractivity contribution in [3.8, 4) is 0 Å². The molecule has 152 valence electrons. The fourth-order valence-corrected chi connectivity index (χ4v) is 4.90. The van der Waals surface area contributed by atoms with E-state index in [0.717, 1.165) is 23.5 Å². The summed E-state index contributed by atoms with van der Waals surface area (Å²) < 4.78 is 0. The first-order valence-corrected chi connectivity index (χ1v) is 10.4. The van der Waals surface area contributed by atoms with E-state index in [2.05, 4.69) is 28.4 Å². The Hall–Kier alpha value is -3.15. The van der Waals surface area contributed by atoms with Crippen LogP contribution in [0.4, 0.5) is 16.2 Å². The van der Waals surface area contributed by atoms with Crippen LogP contribution in [-0.2, 0) is 6.54 Å². The van der Waals surface area contributed by atoms with E-state index in [1.54, 1.807) is 0 Å². The second-order valence-corrected chi connectivity index (χ2v) is 7.97. The molecule has 0 aliphatic carbocycles. The van der Waals surface area contributed by atoms with Crippen molar-refractivity contribution in [1.82, 2.24) is 4.90 Å². The second-order valence-electron chi connectivity index (χ2n) is 7.97. The third-order valence-corrected chi connectivity index (χ3v) is 6.30. The number of aliphatic hydroxyl groups is 1. The second kappa shape index (κ2) is 7.94. The van der Waals surface area contributed by atoms with E-state index in [9.17, 15) is 9.90 Å². The van der Waals surface area contributed by atoms with E-state index < -0.39 is 0 Å². The van der Waals surface area contributed by atoms with Gasteiger partial charge in [0, 0.05) is 42.5 Å². The van der Waals surface area contributed by atoms with Gasteiger partial charge in [-0.25, -0.2) is 4.79 Å². The van der Waals surface area contributed by atoms with Crippen molar-refractivity contribution in [2.75, 3.05) is 23.4 Å². The average Bonchev–Trinajstić information content (AvgIpc) is 2.79. The third kappa shape index (κ3) is 3.26. The van der Waals surface area contributed by atoms with E-state index in [1.165, 1.54) is 5.56 Å². The number of carbonyl (C=O) groups is 1. The Kier molecular flexibility index (Phi) is 4.99. The molecule has 2 aliphatic heterocycles. The molecule has 0 spiro atoms. The number of urea groups is 1. The molecule has 30 heavy (non-hydrogen) atoms. The zero-order chi connectivity index (χ0) is 20.5. The summed E-state index contributed by atoms with van der Waals surface area (Å²) in [5.41, 5.74) is 4.07. The van der Waals surface area contributed by atoms with Gasteiger partial charge in [-0.05, 0) is 29.3 Å². The molecule has 0 aromatic heterocycles. The van der Waals surface area contributed by atoms with Crippen LogP contribution in [0.25, 0.3) is 0 Å². The number of likely N-dealkylation sites (tertiary alicyclic amines) is 1. The molecule has 0 bridgehead atoms. The molecule has 1 fully saturated rings. The van der Waals surface area contributed by atoms with E-state index in [-0.39, 0.29) is 30.6 Å². The number of hydrogen-bond acceptors (Lipinski definition) is 3. The van der Waals surface area contributed by atoms with Gasteiger partial charge < -0.3 is 10.4 Å². The van der Waals surface area contributed by atoms with Crippen molar-refractivity contribution < 1.29 is 9.90 Å². The van der Waals surface area contributed by atoms with Crippen molar-refractivity contribution in [2.45, 2.75) is 24.5 Å². The fraction of sp³-hybridized carbons (Fsp3) is 0.240. The van der Waals surface area contributed by atoms with Gasteiger partial charge in [-0.15, -0.1) is 0 Å². The Labute approximate surface area is 176 Å². The zero-order valence-corrected chi connectivity index (χ0v) is 16.7. The number of aliphatic hydroxyl groups excluding tert-OH is 1. The van der Waals surface area contributed by atoms with Gasteiger partial charge in [-0.3, -0.25) is 9.80 Å². The fourth-order valence-electron chi connectivity index (χ4n) is 4.90. The molecule has 2 aliphatic rings. The minimum atomic E-state index is -0.126. The first-order valence-electron chi connectivity index (χ1n) is 10.4. The minimum absolute atomic E-state index is 0.0655. The molecule has 0 saturated carbocycles. The van der Waals surface area contributed by atoms with Crippen LogP contribution in [0.3, 0.4) is 0 Å². The molecule has 2 heterocycles. The summed E-state index contributed by atoms with van der Waals surface area (Å²) in [4.78, 5) is 17.3. The van der Waals surface area contributed by atoms with Gasteiger partial charge in [0.1, 0.15) is 0 Å². The Morgan fingerprint density at radius 1 is 0.933 bits per heavy atom. The number of rotatable bonds is 4. The molecule has 5 nitrogen and oxygen atoms in total. The molecule has 3 aromatic rings. The highest BCUT2D eigenvalue weighted by Crippen LogP contribution is 2.48. The highest BCUT2D eigenvalue weighted by molar-refractivity contribution is 6.02. The third-order valence-electron chi connectivity index (χ3n) is 6.30. The summed E-state index contributed by atoms with van der Waals surface area (Å²) >= 11 is 0. The van der Waals surface area contributed by atoms with E-state index in [4.69, 9.17) is 0 Å². The maximum Gasteiger partial charge on any atom is 0.326 e. The van der Waals surface area contributed by atoms with Crippen LogP contribution in [0.1, 0.15) is 17.0 Å². The van der Waals surface area contributed by atoms with Gasteiger partial charge in [-0.1, -0.05) is 66.7 Å². The van der Waals surface area contributed by atoms with Crippen LogP contribution >= 0.6 is 0 Å². The Bertz CT molecular complexity index is 1020. The molecule has 3 aromatic carbocycles. The number of para-hydroxylation sites is 2. The molecule has 3 atom stereocenters. The van der Waals surface area contributed by atoms with Crippen LogP contribution in [0, 0.1) is 0 Å². The summed E-state index contributed by atoms with van der Waals surface area (Å²) in [6.45, 7) is 1.48. The molecule has 5 heteroatoms. The number of nitrogens with zero attached hydrogens (tertiary/aromatic N) is 2. The average molecular weight is 399 g/mol. The molecular weight excluding hydrogens is 374 g/mol. The van der Waals surface area contributed by atoms with Gasteiger partial charge in [0.15, 0.2) is 0 Å². The van der Waals surface area contributed by atoms with Gasteiger partial charge in [0.05, 0.1) is 6.61 Å². The predicted molar refractivity (Wildman–Crippen MR) is 119 cm³/mol. The normalized spacial score (nSPS) is 22.6.